The van der Waals surface area contributed by atoms with Gasteiger partial charge in [0.25, 0.3) is 0 Å². The summed E-state index contributed by atoms with van der Waals surface area (Å²) in [5.41, 5.74) is 3.63. The van der Waals surface area contributed by atoms with E-state index in [0.717, 1.165) is 28.3 Å². The number of hydrogen-bond donors (Lipinski definition) is 1. The van der Waals surface area contributed by atoms with Gasteiger partial charge in [0.15, 0.2) is 0 Å². The third kappa shape index (κ3) is 2.68. The van der Waals surface area contributed by atoms with E-state index in [9.17, 15) is 9.90 Å². The number of carboxylic acid groups (broad SMARTS) is 1. The molecule has 0 fully saturated rings. The first kappa shape index (κ1) is 15.5. The van der Waals surface area contributed by atoms with Crippen LogP contribution in [0.4, 0.5) is 0 Å². The second-order valence-corrected chi connectivity index (χ2v) is 6.31. The predicted molar refractivity (Wildman–Crippen MR) is 101 cm³/mol. The highest BCUT2D eigenvalue weighted by Crippen LogP contribution is 2.26. The lowest BCUT2D eigenvalue weighted by Crippen LogP contribution is -2.09. The fourth-order valence-electron chi connectivity index (χ4n) is 3.49. The zero-order valence-electron chi connectivity index (χ0n) is 14.1. The van der Waals surface area contributed by atoms with E-state index < -0.39 is 5.97 Å². The Kier molecular flexibility index (Phi) is 3.77. The van der Waals surface area contributed by atoms with Gasteiger partial charge in [0, 0.05) is 17.4 Å². The maximum Gasteiger partial charge on any atom is 0.352 e. The molecule has 0 bridgehead atoms. The molecule has 1 N–H and O–H groups in total. The highest BCUT2D eigenvalue weighted by atomic mass is 16.4. The number of nitrogens with zero attached hydrogens (tertiary/aromatic N) is 1. The molecule has 0 aliphatic heterocycles. The fraction of sp³-hybridized carbons (Fsp3) is 0.136. The summed E-state index contributed by atoms with van der Waals surface area (Å²) >= 11 is 0. The molecule has 3 heteroatoms. The van der Waals surface area contributed by atoms with Gasteiger partial charge in [-0.15, -0.1) is 0 Å². The van der Waals surface area contributed by atoms with Gasteiger partial charge >= 0.3 is 5.97 Å². The summed E-state index contributed by atoms with van der Waals surface area (Å²) in [5.74, 6) is -0.894. The minimum absolute atomic E-state index is 0.330. The largest absolute Gasteiger partial charge is 0.477 e. The zero-order valence-corrected chi connectivity index (χ0v) is 14.1. The van der Waals surface area contributed by atoms with Gasteiger partial charge in [-0.2, -0.15) is 0 Å². The number of carboxylic acids is 1. The number of hydrogen-bond acceptors (Lipinski definition) is 1. The molecule has 4 rings (SSSR count). The van der Waals surface area contributed by atoms with Crippen molar-refractivity contribution >= 4 is 27.6 Å². The lowest BCUT2D eigenvalue weighted by Gasteiger charge is -2.11. The van der Waals surface area contributed by atoms with Crippen molar-refractivity contribution in [3.05, 3.63) is 83.6 Å². The van der Waals surface area contributed by atoms with E-state index in [1.54, 1.807) is 6.07 Å². The SMILES string of the molecule is CCc1ccc2c(c1)cc(C(=O)O)n2Cc1cccc2ccccc12. The van der Waals surface area contributed by atoms with Crippen LogP contribution in [0.2, 0.25) is 0 Å². The van der Waals surface area contributed by atoms with E-state index >= 15 is 0 Å². The van der Waals surface area contributed by atoms with Crippen molar-refractivity contribution in [3.8, 4) is 0 Å². The Morgan fingerprint density at radius 3 is 2.56 bits per heavy atom. The Labute approximate surface area is 146 Å². The molecule has 0 saturated heterocycles. The summed E-state index contributed by atoms with van der Waals surface area (Å²) < 4.78 is 1.90. The number of rotatable bonds is 4. The van der Waals surface area contributed by atoms with Crippen LogP contribution in [0.3, 0.4) is 0 Å². The van der Waals surface area contributed by atoms with Gasteiger partial charge in [-0.25, -0.2) is 4.79 Å². The van der Waals surface area contributed by atoms with Crippen LogP contribution >= 0.6 is 0 Å². The maximum atomic E-state index is 11.8. The average molecular weight is 329 g/mol. The second-order valence-electron chi connectivity index (χ2n) is 6.31. The Balaban J connectivity index is 1.90. The van der Waals surface area contributed by atoms with Crippen molar-refractivity contribution in [2.75, 3.05) is 0 Å². The third-order valence-electron chi connectivity index (χ3n) is 4.80. The summed E-state index contributed by atoms with van der Waals surface area (Å²) in [6, 6.07) is 22.4. The predicted octanol–water partition coefficient (Wildman–Crippen LogP) is 5.10. The number of fused-ring (bicyclic) bond motifs is 2. The minimum Gasteiger partial charge on any atom is -0.477 e. The van der Waals surface area contributed by atoms with E-state index in [1.165, 1.54) is 10.9 Å². The van der Waals surface area contributed by atoms with Gasteiger partial charge in [-0.3, -0.25) is 0 Å². The smallest absolute Gasteiger partial charge is 0.352 e. The van der Waals surface area contributed by atoms with Crippen molar-refractivity contribution in [2.45, 2.75) is 19.9 Å². The van der Waals surface area contributed by atoms with Gasteiger partial charge in [-0.1, -0.05) is 55.5 Å². The highest BCUT2D eigenvalue weighted by Gasteiger charge is 2.16. The van der Waals surface area contributed by atoms with Crippen LogP contribution in [0.25, 0.3) is 21.7 Å². The Bertz CT molecular complexity index is 1090. The molecule has 0 radical (unpaired) electrons. The number of benzene rings is 3. The number of carbonyl (C=O) groups is 1. The van der Waals surface area contributed by atoms with Gasteiger partial charge < -0.3 is 9.67 Å². The van der Waals surface area contributed by atoms with Gasteiger partial charge in [0.05, 0.1) is 0 Å². The Hall–Kier alpha value is -3.07. The molecule has 0 atom stereocenters. The lowest BCUT2D eigenvalue weighted by atomic mass is 10.0. The van der Waals surface area contributed by atoms with Crippen LogP contribution in [0, 0.1) is 0 Å². The maximum absolute atomic E-state index is 11.8. The van der Waals surface area contributed by atoms with Crippen LogP contribution < -0.4 is 0 Å². The zero-order chi connectivity index (χ0) is 17.4. The van der Waals surface area contributed by atoms with Crippen LogP contribution in [-0.4, -0.2) is 15.6 Å². The summed E-state index contributed by atoms with van der Waals surface area (Å²) in [6.07, 6.45) is 0.937. The van der Waals surface area contributed by atoms with Crippen molar-refractivity contribution in [1.82, 2.24) is 4.57 Å². The summed E-state index contributed by atoms with van der Waals surface area (Å²) in [7, 11) is 0. The number of aromatic nitrogens is 1. The van der Waals surface area contributed by atoms with Gasteiger partial charge in [-0.05, 0) is 46.5 Å². The highest BCUT2D eigenvalue weighted by molar-refractivity contribution is 5.95. The monoisotopic (exact) mass is 329 g/mol. The molecule has 4 aromatic rings. The summed E-state index contributed by atoms with van der Waals surface area (Å²) in [6.45, 7) is 2.64. The first-order chi connectivity index (χ1) is 12.2. The standard InChI is InChI=1S/C22H19NO2/c1-2-15-10-11-20-18(12-15)13-21(22(24)25)23(20)14-17-8-5-7-16-6-3-4-9-19(16)17/h3-13H,2,14H2,1H3,(H,24,25). The molecule has 124 valence electrons. The summed E-state index contributed by atoms with van der Waals surface area (Å²) in [5, 5.41) is 13.0. The first-order valence-electron chi connectivity index (χ1n) is 8.49. The molecule has 1 aromatic heterocycles. The lowest BCUT2D eigenvalue weighted by molar-refractivity contribution is 0.0686. The van der Waals surface area contributed by atoms with Gasteiger partial charge in [0.2, 0.25) is 0 Å². The van der Waals surface area contributed by atoms with Crippen molar-refractivity contribution < 1.29 is 9.90 Å². The molecular weight excluding hydrogens is 310 g/mol. The molecule has 0 unspecified atom stereocenters. The first-order valence-corrected chi connectivity index (χ1v) is 8.49. The fourth-order valence-corrected chi connectivity index (χ4v) is 3.49. The third-order valence-corrected chi connectivity index (χ3v) is 4.80. The molecule has 3 aromatic carbocycles. The molecule has 0 amide bonds. The molecule has 0 aliphatic carbocycles. The van der Waals surface area contributed by atoms with Crippen molar-refractivity contribution in [1.29, 1.82) is 0 Å². The van der Waals surface area contributed by atoms with Gasteiger partial charge in [0.1, 0.15) is 5.69 Å². The van der Waals surface area contributed by atoms with Crippen LogP contribution in [0.5, 0.6) is 0 Å². The Morgan fingerprint density at radius 1 is 0.960 bits per heavy atom. The molecule has 0 saturated carbocycles. The van der Waals surface area contributed by atoms with Crippen LogP contribution in [0.1, 0.15) is 28.5 Å². The summed E-state index contributed by atoms with van der Waals surface area (Å²) in [4.78, 5) is 11.8. The van der Waals surface area contributed by atoms with Crippen molar-refractivity contribution in [2.24, 2.45) is 0 Å². The number of aromatic carboxylic acids is 1. The van der Waals surface area contributed by atoms with E-state index in [4.69, 9.17) is 0 Å². The molecule has 25 heavy (non-hydrogen) atoms. The van der Waals surface area contributed by atoms with E-state index in [0.29, 0.717) is 12.2 Å². The van der Waals surface area contributed by atoms with Crippen LogP contribution in [-0.2, 0) is 13.0 Å². The average Bonchev–Trinajstić information content (AvgIpc) is 3.00. The molecule has 3 nitrogen and oxygen atoms in total. The minimum atomic E-state index is -0.894. The normalized spacial score (nSPS) is 11.2. The number of aryl methyl sites for hydroxylation is 1. The second kappa shape index (κ2) is 6.10. The van der Waals surface area contributed by atoms with E-state index in [1.807, 2.05) is 28.8 Å². The molecule has 0 spiro atoms. The topological polar surface area (TPSA) is 42.2 Å². The Morgan fingerprint density at radius 2 is 1.76 bits per heavy atom. The molecule has 0 aliphatic rings. The van der Waals surface area contributed by atoms with E-state index in [-0.39, 0.29) is 0 Å². The van der Waals surface area contributed by atoms with Crippen LogP contribution in [0.15, 0.2) is 66.7 Å². The quantitative estimate of drug-likeness (QED) is 0.566. The van der Waals surface area contributed by atoms with Crippen molar-refractivity contribution in [3.63, 3.8) is 0 Å². The molecular formula is C22H19NO2. The molecule has 1 heterocycles. The van der Waals surface area contributed by atoms with E-state index in [2.05, 4.69) is 43.3 Å².